The molecule has 0 aliphatic rings. The van der Waals surface area contributed by atoms with Crippen LogP contribution < -0.4 is 15.2 Å². The van der Waals surface area contributed by atoms with Gasteiger partial charge < -0.3 is 20.0 Å². The third kappa shape index (κ3) is 3.71. The number of aromatic carboxylic acids is 1. The van der Waals surface area contributed by atoms with Gasteiger partial charge in [-0.3, -0.25) is 4.79 Å². The van der Waals surface area contributed by atoms with Crippen LogP contribution in [0.15, 0.2) is 53.9 Å². The molecule has 0 aliphatic carbocycles. The molecule has 0 fully saturated rings. The van der Waals surface area contributed by atoms with Gasteiger partial charge in [0.15, 0.2) is 0 Å². The number of carbonyl (C=O) groups is 2. The normalized spacial score (nSPS) is 10.4. The maximum atomic E-state index is 12.4. The number of halogens is 1. The zero-order valence-electron chi connectivity index (χ0n) is 13.6. The van der Waals surface area contributed by atoms with Crippen LogP contribution in [0.4, 0.5) is 5.00 Å². The fraction of sp³-hybridized carbons (Fsp3) is 0.0526. The summed E-state index contributed by atoms with van der Waals surface area (Å²) < 4.78 is 5.11. The molecule has 1 aromatic heterocycles. The van der Waals surface area contributed by atoms with E-state index in [0.29, 0.717) is 27.5 Å². The zero-order chi connectivity index (χ0) is 18.7. The van der Waals surface area contributed by atoms with Crippen LogP contribution in [-0.4, -0.2) is 19.0 Å². The van der Waals surface area contributed by atoms with E-state index >= 15 is 0 Å². The van der Waals surface area contributed by atoms with Gasteiger partial charge in [0.25, 0.3) is 5.91 Å². The summed E-state index contributed by atoms with van der Waals surface area (Å²) in [6, 6.07) is 13.3. The molecule has 5 nitrogen and oxygen atoms in total. The van der Waals surface area contributed by atoms with Crippen LogP contribution in [0.1, 0.15) is 20.7 Å². The lowest BCUT2D eigenvalue weighted by molar-refractivity contribution is -0.254. The van der Waals surface area contributed by atoms with Crippen molar-refractivity contribution < 1.29 is 19.4 Å². The molecule has 0 saturated carbocycles. The number of anilines is 1. The molecule has 1 heterocycles. The number of rotatable bonds is 5. The van der Waals surface area contributed by atoms with Crippen LogP contribution in [-0.2, 0) is 0 Å². The number of benzene rings is 2. The van der Waals surface area contributed by atoms with E-state index in [1.54, 1.807) is 61.0 Å². The van der Waals surface area contributed by atoms with Crippen molar-refractivity contribution in [2.24, 2.45) is 0 Å². The van der Waals surface area contributed by atoms with Crippen molar-refractivity contribution in [1.29, 1.82) is 0 Å². The van der Waals surface area contributed by atoms with Gasteiger partial charge in [-0.15, -0.1) is 11.3 Å². The first kappa shape index (κ1) is 18.0. The lowest BCUT2D eigenvalue weighted by Gasteiger charge is -2.10. The third-order valence-corrected chi connectivity index (χ3v) is 4.88. The molecule has 132 valence electrons. The van der Waals surface area contributed by atoms with Crippen LogP contribution >= 0.6 is 22.9 Å². The van der Waals surface area contributed by atoms with Gasteiger partial charge in [0.1, 0.15) is 10.8 Å². The molecule has 0 radical (unpaired) electrons. The zero-order valence-corrected chi connectivity index (χ0v) is 15.2. The Morgan fingerprint density at radius 3 is 2.31 bits per heavy atom. The Kier molecular flexibility index (Phi) is 5.25. The Balaban J connectivity index is 1.93. The molecule has 7 heteroatoms. The highest BCUT2D eigenvalue weighted by molar-refractivity contribution is 7.15. The monoisotopic (exact) mass is 386 g/mol. The topological polar surface area (TPSA) is 78.5 Å². The molecule has 0 bridgehead atoms. The SMILES string of the molecule is COc1ccc(-c2csc(NC(=O)c3ccc(Cl)cc3)c2C(=O)[O-])cc1. The maximum absolute atomic E-state index is 12.4. The molecule has 0 spiro atoms. The molecular weight excluding hydrogens is 374 g/mol. The Morgan fingerprint density at radius 2 is 1.73 bits per heavy atom. The number of carbonyl (C=O) groups excluding carboxylic acids is 2. The van der Waals surface area contributed by atoms with E-state index in [9.17, 15) is 14.7 Å². The van der Waals surface area contributed by atoms with Crippen molar-refractivity contribution in [3.05, 3.63) is 70.1 Å². The third-order valence-electron chi connectivity index (χ3n) is 3.73. The number of nitrogens with one attached hydrogen (secondary N) is 1. The highest BCUT2D eigenvalue weighted by Crippen LogP contribution is 2.36. The van der Waals surface area contributed by atoms with Crippen molar-refractivity contribution in [2.75, 3.05) is 12.4 Å². The summed E-state index contributed by atoms with van der Waals surface area (Å²) in [6.07, 6.45) is 0. The van der Waals surface area contributed by atoms with E-state index in [-0.39, 0.29) is 10.6 Å². The van der Waals surface area contributed by atoms with Crippen molar-refractivity contribution >= 4 is 39.8 Å². The summed E-state index contributed by atoms with van der Waals surface area (Å²) >= 11 is 6.94. The lowest BCUT2D eigenvalue weighted by atomic mass is 10.0. The molecule has 1 amide bonds. The first-order valence-electron chi connectivity index (χ1n) is 7.53. The van der Waals surface area contributed by atoms with Crippen LogP contribution in [0, 0.1) is 0 Å². The second kappa shape index (κ2) is 7.59. The number of hydrogen-bond acceptors (Lipinski definition) is 5. The standard InChI is InChI=1S/C19H14ClNO4S/c1-25-14-8-4-11(5-9-14)15-10-26-18(16(15)19(23)24)21-17(22)12-2-6-13(20)7-3-12/h2-10H,1H3,(H,21,22)(H,23,24)/p-1. The number of carboxylic acid groups (broad SMARTS) is 1. The highest BCUT2D eigenvalue weighted by Gasteiger charge is 2.17. The van der Waals surface area contributed by atoms with E-state index in [0.717, 1.165) is 11.3 Å². The predicted octanol–water partition coefficient (Wildman–Crippen LogP) is 3.69. The molecule has 3 aromatic rings. The quantitative estimate of drug-likeness (QED) is 0.725. The van der Waals surface area contributed by atoms with Gasteiger partial charge in [-0.25, -0.2) is 0 Å². The van der Waals surface area contributed by atoms with Crippen LogP contribution in [0.5, 0.6) is 5.75 Å². The minimum Gasteiger partial charge on any atom is -0.545 e. The molecule has 0 unspecified atom stereocenters. The number of carboxylic acids is 1. The van der Waals surface area contributed by atoms with Crippen molar-refractivity contribution in [1.82, 2.24) is 0 Å². The minimum atomic E-state index is -1.36. The first-order valence-corrected chi connectivity index (χ1v) is 8.79. The molecule has 0 aliphatic heterocycles. The van der Waals surface area contributed by atoms with Crippen molar-refractivity contribution in [3.63, 3.8) is 0 Å². The number of methoxy groups -OCH3 is 1. The van der Waals surface area contributed by atoms with Gasteiger partial charge in [-0.2, -0.15) is 0 Å². The Labute approximate surface area is 158 Å². The average Bonchev–Trinajstić information content (AvgIpc) is 3.06. The summed E-state index contributed by atoms with van der Waals surface area (Å²) in [5, 5.41) is 16.7. The van der Waals surface area contributed by atoms with Gasteiger partial charge in [0, 0.05) is 27.1 Å². The predicted molar refractivity (Wildman–Crippen MR) is 100 cm³/mol. The Bertz CT molecular complexity index is 949. The molecule has 26 heavy (non-hydrogen) atoms. The smallest absolute Gasteiger partial charge is 0.256 e. The van der Waals surface area contributed by atoms with E-state index in [2.05, 4.69) is 5.32 Å². The summed E-state index contributed by atoms with van der Waals surface area (Å²) in [5.41, 5.74) is 1.48. The second-order valence-electron chi connectivity index (χ2n) is 5.33. The molecule has 0 atom stereocenters. The molecule has 2 aromatic carbocycles. The van der Waals surface area contributed by atoms with E-state index in [1.165, 1.54) is 0 Å². The largest absolute Gasteiger partial charge is 0.545 e. The van der Waals surface area contributed by atoms with Crippen LogP contribution in [0.25, 0.3) is 11.1 Å². The summed E-state index contributed by atoms with van der Waals surface area (Å²) in [4.78, 5) is 24.0. The van der Waals surface area contributed by atoms with Gasteiger partial charge in [-0.1, -0.05) is 23.7 Å². The summed E-state index contributed by atoms with van der Waals surface area (Å²) in [7, 11) is 1.55. The molecule has 3 rings (SSSR count). The summed E-state index contributed by atoms with van der Waals surface area (Å²) in [6.45, 7) is 0. The van der Waals surface area contributed by atoms with Gasteiger partial charge in [0.2, 0.25) is 0 Å². The van der Waals surface area contributed by atoms with Gasteiger partial charge >= 0.3 is 0 Å². The fourth-order valence-electron chi connectivity index (χ4n) is 2.41. The van der Waals surface area contributed by atoms with Crippen LogP contribution in [0.2, 0.25) is 5.02 Å². The number of thiophene rings is 1. The highest BCUT2D eigenvalue weighted by atomic mass is 35.5. The molecule has 1 N–H and O–H groups in total. The number of amides is 1. The Morgan fingerprint density at radius 1 is 1.08 bits per heavy atom. The van der Waals surface area contributed by atoms with E-state index < -0.39 is 11.9 Å². The molecular formula is C19H13ClNO4S-. The number of ether oxygens (including phenoxy) is 1. The fourth-order valence-corrected chi connectivity index (χ4v) is 3.49. The maximum Gasteiger partial charge on any atom is 0.256 e. The van der Waals surface area contributed by atoms with Crippen molar-refractivity contribution in [3.8, 4) is 16.9 Å². The van der Waals surface area contributed by atoms with Gasteiger partial charge in [-0.05, 0) is 42.0 Å². The second-order valence-corrected chi connectivity index (χ2v) is 6.65. The van der Waals surface area contributed by atoms with Crippen molar-refractivity contribution in [2.45, 2.75) is 0 Å². The Hall–Kier alpha value is -2.83. The molecule has 0 saturated heterocycles. The average molecular weight is 387 g/mol. The van der Waals surface area contributed by atoms with E-state index in [1.807, 2.05) is 0 Å². The van der Waals surface area contributed by atoms with Gasteiger partial charge in [0.05, 0.1) is 13.1 Å². The first-order chi connectivity index (χ1) is 12.5. The minimum absolute atomic E-state index is 0.0533. The summed E-state index contributed by atoms with van der Waals surface area (Å²) in [5.74, 6) is -1.12. The van der Waals surface area contributed by atoms with E-state index in [4.69, 9.17) is 16.3 Å². The lowest BCUT2D eigenvalue weighted by Crippen LogP contribution is -2.24. The van der Waals surface area contributed by atoms with Crippen LogP contribution in [0.3, 0.4) is 0 Å². The number of hydrogen-bond donors (Lipinski definition) is 1.